The van der Waals surface area contributed by atoms with Gasteiger partial charge in [0.2, 0.25) is 0 Å². The van der Waals surface area contributed by atoms with E-state index in [0.717, 1.165) is 5.56 Å². The van der Waals surface area contributed by atoms with Crippen molar-refractivity contribution in [3.8, 4) is 11.7 Å². The van der Waals surface area contributed by atoms with E-state index in [1.807, 2.05) is 13.1 Å². The van der Waals surface area contributed by atoms with Crippen LogP contribution in [0, 0.1) is 6.92 Å². The van der Waals surface area contributed by atoms with Crippen LogP contribution in [0.3, 0.4) is 0 Å². The molecule has 0 amide bonds. The molecule has 0 unspecified atom stereocenters. The molecule has 2 aromatic rings. The van der Waals surface area contributed by atoms with Crippen LogP contribution in [0.1, 0.15) is 5.56 Å². The highest BCUT2D eigenvalue weighted by Gasteiger charge is 2.00. The van der Waals surface area contributed by atoms with Crippen molar-refractivity contribution in [2.75, 3.05) is 0 Å². The van der Waals surface area contributed by atoms with Crippen molar-refractivity contribution in [1.82, 2.24) is 19.7 Å². The summed E-state index contributed by atoms with van der Waals surface area (Å²) in [6.07, 6.45) is 6.20. The minimum absolute atomic E-state index is 0.0487. The third-order valence-corrected chi connectivity index (χ3v) is 1.54. The molecule has 0 spiro atoms. The molecule has 0 saturated heterocycles. The number of aromatic hydroxyl groups is 1. The van der Waals surface area contributed by atoms with E-state index in [1.165, 1.54) is 12.4 Å². The second kappa shape index (κ2) is 2.85. The second-order valence-electron chi connectivity index (χ2n) is 2.70. The molecule has 0 aliphatic heterocycles. The molecule has 0 atom stereocenters. The van der Waals surface area contributed by atoms with E-state index in [-0.39, 0.29) is 5.75 Å². The van der Waals surface area contributed by atoms with Gasteiger partial charge in [-0.3, -0.25) is 0 Å². The first-order chi connectivity index (χ1) is 6.25. The molecule has 5 nitrogen and oxygen atoms in total. The number of rotatable bonds is 1. The van der Waals surface area contributed by atoms with Crippen molar-refractivity contribution >= 4 is 0 Å². The monoisotopic (exact) mass is 176 g/mol. The Bertz CT molecular complexity index is 406. The molecule has 13 heavy (non-hydrogen) atoms. The number of hydrogen-bond acceptors (Lipinski definition) is 4. The molecule has 2 aromatic heterocycles. The van der Waals surface area contributed by atoms with Crippen molar-refractivity contribution < 1.29 is 5.11 Å². The van der Waals surface area contributed by atoms with Crippen LogP contribution < -0.4 is 0 Å². The summed E-state index contributed by atoms with van der Waals surface area (Å²) in [5.74, 6) is 0.499. The summed E-state index contributed by atoms with van der Waals surface area (Å²) in [6, 6.07) is 0. The number of nitrogens with zero attached hydrogens (tertiary/aromatic N) is 4. The van der Waals surface area contributed by atoms with Gasteiger partial charge in [-0.15, -0.1) is 0 Å². The van der Waals surface area contributed by atoms with E-state index in [0.29, 0.717) is 5.95 Å². The van der Waals surface area contributed by atoms with Crippen molar-refractivity contribution in [2.24, 2.45) is 0 Å². The summed E-state index contributed by atoms with van der Waals surface area (Å²) in [6.45, 7) is 1.93. The van der Waals surface area contributed by atoms with Gasteiger partial charge in [-0.2, -0.15) is 5.10 Å². The van der Waals surface area contributed by atoms with Crippen LogP contribution in [0.5, 0.6) is 5.75 Å². The quantitative estimate of drug-likeness (QED) is 0.693. The lowest BCUT2D eigenvalue weighted by molar-refractivity contribution is 0.468. The maximum absolute atomic E-state index is 8.95. The molecular formula is C8H8N4O. The Labute approximate surface area is 74.7 Å². The lowest BCUT2D eigenvalue weighted by Crippen LogP contribution is -1.99. The summed E-state index contributed by atoms with van der Waals surface area (Å²) in [4.78, 5) is 7.80. The zero-order valence-corrected chi connectivity index (χ0v) is 7.05. The molecule has 0 aromatic carbocycles. The maximum atomic E-state index is 8.95. The van der Waals surface area contributed by atoms with Gasteiger partial charge >= 0.3 is 0 Å². The van der Waals surface area contributed by atoms with Crippen LogP contribution in [0.2, 0.25) is 0 Å². The summed E-state index contributed by atoms with van der Waals surface area (Å²) in [5, 5.41) is 13.0. The normalized spacial score (nSPS) is 10.2. The highest BCUT2D eigenvalue weighted by atomic mass is 16.3. The molecular weight excluding hydrogens is 168 g/mol. The Balaban J connectivity index is 2.41. The highest BCUT2D eigenvalue weighted by Crippen LogP contribution is 2.05. The molecule has 1 N–H and O–H groups in total. The van der Waals surface area contributed by atoms with E-state index in [2.05, 4.69) is 15.1 Å². The average Bonchev–Trinajstić information content (AvgIpc) is 2.53. The van der Waals surface area contributed by atoms with Gasteiger partial charge < -0.3 is 5.11 Å². The molecule has 66 valence electrons. The smallest absolute Gasteiger partial charge is 0.250 e. The molecule has 2 heterocycles. The van der Waals surface area contributed by atoms with E-state index >= 15 is 0 Å². The molecule has 0 aliphatic rings. The van der Waals surface area contributed by atoms with Gasteiger partial charge in [0.05, 0.1) is 18.6 Å². The van der Waals surface area contributed by atoms with E-state index in [9.17, 15) is 0 Å². The Hall–Kier alpha value is -1.91. The lowest BCUT2D eigenvalue weighted by atomic mass is 10.4. The molecule has 2 rings (SSSR count). The van der Waals surface area contributed by atoms with Gasteiger partial charge in [0, 0.05) is 6.20 Å². The summed E-state index contributed by atoms with van der Waals surface area (Å²) in [5.41, 5.74) is 1.04. The SMILES string of the molecule is Cc1cnn(-c2ncc(O)cn2)c1. The van der Waals surface area contributed by atoms with Crippen LogP contribution in [0.25, 0.3) is 5.95 Å². The fourth-order valence-electron chi connectivity index (χ4n) is 0.955. The Kier molecular flexibility index (Phi) is 1.70. The Morgan fingerprint density at radius 1 is 1.23 bits per heavy atom. The highest BCUT2D eigenvalue weighted by molar-refractivity contribution is 5.17. The maximum Gasteiger partial charge on any atom is 0.250 e. The van der Waals surface area contributed by atoms with Crippen LogP contribution in [0.4, 0.5) is 0 Å². The first-order valence-corrected chi connectivity index (χ1v) is 3.78. The second-order valence-corrected chi connectivity index (χ2v) is 2.70. The van der Waals surface area contributed by atoms with Crippen molar-refractivity contribution in [3.63, 3.8) is 0 Å². The number of hydrogen-bond donors (Lipinski definition) is 1. The lowest BCUT2D eigenvalue weighted by Gasteiger charge is -1.97. The largest absolute Gasteiger partial charge is 0.505 e. The first-order valence-electron chi connectivity index (χ1n) is 3.78. The van der Waals surface area contributed by atoms with Gasteiger partial charge in [-0.25, -0.2) is 14.6 Å². The van der Waals surface area contributed by atoms with Gasteiger partial charge in [0.15, 0.2) is 5.75 Å². The van der Waals surface area contributed by atoms with Crippen LogP contribution >= 0.6 is 0 Å². The zero-order valence-electron chi connectivity index (χ0n) is 7.05. The van der Waals surface area contributed by atoms with Crippen molar-refractivity contribution in [1.29, 1.82) is 0 Å². The van der Waals surface area contributed by atoms with E-state index in [1.54, 1.807) is 10.9 Å². The topological polar surface area (TPSA) is 63.8 Å². The molecule has 5 heteroatoms. The van der Waals surface area contributed by atoms with E-state index in [4.69, 9.17) is 5.11 Å². The van der Waals surface area contributed by atoms with Crippen molar-refractivity contribution in [3.05, 3.63) is 30.4 Å². The van der Waals surface area contributed by atoms with Gasteiger partial charge in [0.25, 0.3) is 5.95 Å². The fourth-order valence-corrected chi connectivity index (χ4v) is 0.955. The third-order valence-electron chi connectivity index (χ3n) is 1.54. The van der Waals surface area contributed by atoms with E-state index < -0.39 is 0 Å². The van der Waals surface area contributed by atoms with Crippen LogP contribution in [-0.4, -0.2) is 24.9 Å². The third kappa shape index (κ3) is 1.48. The molecule has 0 aliphatic carbocycles. The number of aryl methyl sites for hydroxylation is 1. The van der Waals surface area contributed by atoms with Gasteiger partial charge in [0.1, 0.15) is 0 Å². The summed E-state index contributed by atoms with van der Waals surface area (Å²) >= 11 is 0. The predicted octanol–water partition coefficient (Wildman–Crippen LogP) is 0.676. The standard InChI is InChI=1S/C8H8N4O/c1-6-2-11-12(5-6)8-9-3-7(13)4-10-8/h2-5,13H,1H3. The van der Waals surface area contributed by atoms with Crippen LogP contribution in [0.15, 0.2) is 24.8 Å². The summed E-state index contributed by atoms with van der Waals surface area (Å²) in [7, 11) is 0. The van der Waals surface area contributed by atoms with Gasteiger partial charge in [-0.05, 0) is 12.5 Å². The molecule has 0 fully saturated rings. The molecule has 0 radical (unpaired) electrons. The van der Waals surface area contributed by atoms with Crippen LogP contribution in [-0.2, 0) is 0 Å². The van der Waals surface area contributed by atoms with Crippen molar-refractivity contribution in [2.45, 2.75) is 6.92 Å². The minimum Gasteiger partial charge on any atom is -0.505 e. The Morgan fingerprint density at radius 3 is 2.46 bits per heavy atom. The predicted molar refractivity (Wildman–Crippen MR) is 45.6 cm³/mol. The zero-order chi connectivity index (χ0) is 9.26. The first kappa shape index (κ1) is 7.72. The minimum atomic E-state index is 0.0487. The van der Waals surface area contributed by atoms with Gasteiger partial charge in [-0.1, -0.05) is 0 Å². The molecule has 0 saturated carbocycles. The summed E-state index contributed by atoms with van der Waals surface area (Å²) < 4.78 is 1.55. The molecule has 0 bridgehead atoms. The average molecular weight is 176 g/mol. The Morgan fingerprint density at radius 2 is 1.92 bits per heavy atom. The fraction of sp³-hybridized carbons (Fsp3) is 0.125. The number of aromatic nitrogens is 4.